The zero-order valence-corrected chi connectivity index (χ0v) is 22.2. The molecule has 2 unspecified atom stereocenters. The van der Waals surface area contributed by atoms with E-state index >= 15 is 0 Å². The van der Waals surface area contributed by atoms with Gasteiger partial charge in [-0.2, -0.15) is 0 Å². The highest BCUT2D eigenvalue weighted by molar-refractivity contribution is 7.99. The minimum atomic E-state index is -0.663. The number of amides is 2. The van der Waals surface area contributed by atoms with Gasteiger partial charge in [0, 0.05) is 12.5 Å². The molecule has 2 amide bonds. The molecule has 0 radical (unpaired) electrons. The molecule has 9 nitrogen and oxygen atoms in total. The molecule has 190 valence electrons. The molecule has 1 aliphatic carbocycles. The van der Waals surface area contributed by atoms with Gasteiger partial charge < -0.3 is 20.4 Å². The molecule has 3 N–H and O–H groups in total. The predicted molar refractivity (Wildman–Crippen MR) is 140 cm³/mol. The quantitative estimate of drug-likeness (QED) is 0.296. The Morgan fingerprint density at radius 1 is 1.22 bits per heavy atom. The monoisotopic (exact) mass is 527 g/mol. The maximum absolute atomic E-state index is 12.8. The summed E-state index contributed by atoms with van der Waals surface area (Å²) in [5.74, 6) is 0.146. The second-order valence-corrected chi connectivity index (χ2v) is 10.8. The number of carbonyl (C=O) groups excluding carboxylic acids is 3. The topological polar surface area (TPSA) is 129 Å². The van der Waals surface area contributed by atoms with Crippen molar-refractivity contribution in [1.29, 1.82) is 0 Å². The first-order chi connectivity index (χ1) is 17.2. The van der Waals surface area contributed by atoms with Gasteiger partial charge in [0.15, 0.2) is 5.16 Å². The largest absolute Gasteiger partial charge is 0.459 e. The molecule has 0 saturated heterocycles. The number of nitrogens with one attached hydrogen (secondary N) is 1. The van der Waals surface area contributed by atoms with Crippen LogP contribution in [0.1, 0.15) is 76.0 Å². The molecule has 0 spiro atoms. The van der Waals surface area contributed by atoms with Gasteiger partial charge in [-0.1, -0.05) is 42.1 Å². The molecule has 0 bridgehead atoms. The zero-order valence-electron chi connectivity index (χ0n) is 20.6. The van der Waals surface area contributed by atoms with Crippen LogP contribution < -0.4 is 11.1 Å². The molecule has 2 heterocycles. The summed E-state index contributed by atoms with van der Waals surface area (Å²) in [5, 5.41) is 12.4. The fraction of sp³-hybridized carbons (Fsp3) is 0.400. The summed E-state index contributed by atoms with van der Waals surface area (Å²) in [6, 6.07) is 10.4. The number of hydrogen-bond donors (Lipinski definition) is 2. The smallest absolute Gasteiger partial charge is 0.341 e. The van der Waals surface area contributed by atoms with Gasteiger partial charge in [-0.3, -0.25) is 9.59 Å². The summed E-state index contributed by atoms with van der Waals surface area (Å²) in [7, 11) is 0. The molecule has 1 fully saturated rings. The standard InChI is InChI=1S/C25H29N5O4S2/c1-5-30-22(17-11-16(17)15-9-7-6-8-10-15)28-29-25(30)35-12-18(31)27-23-19(24(33)34-13(2)3)14(4)20(36-23)21(26)32/h6-10,13,16-17H,5,11-12H2,1-4H3,(H2,26,32)(H,27,31). The minimum Gasteiger partial charge on any atom is -0.459 e. The Balaban J connectivity index is 1.45. The van der Waals surface area contributed by atoms with Crippen molar-refractivity contribution in [1.82, 2.24) is 14.8 Å². The molecule has 0 aliphatic heterocycles. The third-order valence-corrected chi connectivity index (χ3v) is 8.10. The van der Waals surface area contributed by atoms with Crippen molar-refractivity contribution >= 4 is 45.9 Å². The average Bonchev–Trinajstić information content (AvgIpc) is 3.41. The number of hydrogen-bond acceptors (Lipinski definition) is 8. The van der Waals surface area contributed by atoms with E-state index in [2.05, 4.69) is 32.2 Å². The van der Waals surface area contributed by atoms with Crippen LogP contribution in [-0.4, -0.2) is 44.4 Å². The van der Waals surface area contributed by atoms with Crippen LogP contribution in [0.15, 0.2) is 35.5 Å². The van der Waals surface area contributed by atoms with Gasteiger partial charge in [0.25, 0.3) is 5.91 Å². The van der Waals surface area contributed by atoms with Gasteiger partial charge in [0.1, 0.15) is 10.8 Å². The Morgan fingerprint density at radius 3 is 2.58 bits per heavy atom. The SMILES string of the molecule is CCn1c(SCC(=O)Nc2sc(C(N)=O)c(C)c2C(=O)OC(C)C)nnc1C1CC1c1ccccc1. The number of ether oxygens (including phenoxy) is 1. The molecule has 1 saturated carbocycles. The number of nitrogens with two attached hydrogens (primary N) is 1. The number of esters is 1. The van der Waals surface area contributed by atoms with Gasteiger partial charge in [-0.05, 0) is 51.2 Å². The minimum absolute atomic E-state index is 0.0619. The van der Waals surface area contributed by atoms with E-state index < -0.39 is 11.9 Å². The van der Waals surface area contributed by atoms with Crippen molar-refractivity contribution in [2.24, 2.45) is 5.73 Å². The van der Waals surface area contributed by atoms with Crippen molar-refractivity contribution < 1.29 is 19.1 Å². The Labute approximate surface area is 217 Å². The number of anilines is 1. The second kappa shape index (κ2) is 10.8. The Kier molecular flexibility index (Phi) is 7.79. The van der Waals surface area contributed by atoms with Crippen LogP contribution in [0.4, 0.5) is 5.00 Å². The molecule has 2 atom stereocenters. The molecule has 2 aromatic heterocycles. The van der Waals surface area contributed by atoms with Crippen molar-refractivity contribution in [3.8, 4) is 0 Å². The molecule has 3 aromatic rings. The molecule has 11 heteroatoms. The van der Waals surface area contributed by atoms with Crippen LogP contribution >= 0.6 is 23.1 Å². The molecule has 36 heavy (non-hydrogen) atoms. The summed E-state index contributed by atoms with van der Waals surface area (Å²) in [4.78, 5) is 37.5. The lowest BCUT2D eigenvalue weighted by Crippen LogP contribution is -2.18. The fourth-order valence-electron chi connectivity index (χ4n) is 4.18. The predicted octanol–water partition coefficient (Wildman–Crippen LogP) is 4.33. The number of thioether (sulfide) groups is 1. The van der Waals surface area contributed by atoms with Gasteiger partial charge in [0.05, 0.1) is 22.3 Å². The van der Waals surface area contributed by atoms with E-state index in [4.69, 9.17) is 10.5 Å². The van der Waals surface area contributed by atoms with E-state index in [1.165, 1.54) is 17.3 Å². The van der Waals surface area contributed by atoms with Gasteiger partial charge >= 0.3 is 5.97 Å². The van der Waals surface area contributed by atoms with Crippen molar-refractivity contribution in [2.75, 3.05) is 11.1 Å². The first-order valence-corrected chi connectivity index (χ1v) is 13.6. The van der Waals surface area contributed by atoms with Gasteiger partial charge in [-0.15, -0.1) is 21.5 Å². The van der Waals surface area contributed by atoms with E-state index in [1.807, 2.05) is 25.1 Å². The lowest BCUT2D eigenvalue weighted by molar-refractivity contribution is -0.113. The van der Waals surface area contributed by atoms with Gasteiger partial charge in [-0.25, -0.2) is 4.79 Å². The first-order valence-electron chi connectivity index (χ1n) is 11.8. The number of rotatable bonds is 10. The van der Waals surface area contributed by atoms with Crippen LogP contribution in [0.25, 0.3) is 0 Å². The van der Waals surface area contributed by atoms with Crippen LogP contribution in [0.3, 0.4) is 0 Å². The maximum atomic E-state index is 12.8. The van der Waals surface area contributed by atoms with Crippen LogP contribution in [0, 0.1) is 6.92 Å². The summed E-state index contributed by atoms with van der Waals surface area (Å²) in [6.45, 7) is 7.80. The lowest BCUT2D eigenvalue weighted by atomic mass is 10.1. The third-order valence-electron chi connectivity index (χ3n) is 5.91. The molecular formula is C25H29N5O4S2. The molecule has 1 aromatic carbocycles. The third kappa shape index (κ3) is 5.46. The molecule has 1 aliphatic rings. The number of carbonyl (C=O) groups is 3. The number of aromatic nitrogens is 3. The molecule has 4 rings (SSSR count). The summed E-state index contributed by atoms with van der Waals surface area (Å²) in [6.07, 6.45) is 0.679. The van der Waals surface area contributed by atoms with Crippen molar-refractivity contribution in [3.63, 3.8) is 0 Å². The number of thiophene rings is 1. The second-order valence-electron chi connectivity index (χ2n) is 8.86. The Morgan fingerprint density at radius 2 is 1.94 bits per heavy atom. The van der Waals surface area contributed by atoms with E-state index in [0.717, 1.165) is 23.6 Å². The number of nitrogens with zero attached hydrogens (tertiary/aromatic N) is 3. The van der Waals surface area contributed by atoms with Crippen LogP contribution in [0.2, 0.25) is 0 Å². The Hall–Kier alpha value is -3.18. The molecular weight excluding hydrogens is 498 g/mol. The lowest BCUT2D eigenvalue weighted by Gasteiger charge is -2.10. The van der Waals surface area contributed by atoms with E-state index in [0.29, 0.717) is 29.1 Å². The number of primary amides is 1. The van der Waals surface area contributed by atoms with E-state index in [-0.39, 0.29) is 33.2 Å². The summed E-state index contributed by atoms with van der Waals surface area (Å²) >= 11 is 2.25. The maximum Gasteiger partial charge on any atom is 0.341 e. The average molecular weight is 528 g/mol. The zero-order chi connectivity index (χ0) is 26.0. The van der Waals surface area contributed by atoms with Crippen LogP contribution in [0.5, 0.6) is 0 Å². The number of benzene rings is 1. The first kappa shape index (κ1) is 25.9. The van der Waals surface area contributed by atoms with E-state index in [9.17, 15) is 14.4 Å². The highest BCUT2D eigenvalue weighted by Gasteiger charge is 2.43. The highest BCUT2D eigenvalue weighted by atomic mass is 32.2. The van der Waals surface area contributed by atoms with Crippen molar-refractivity contribution in [3.05, 3.63) is 57.7 Å². The fourth-order valence-corrected chi connectivity index (χ4v) is 6.05. The summed E-state index contributed by atoms with van der Waals surface area (Å²) in [5.41, 5.74) is 7.31. The van der Waals surface area contributed by atoms with Crippen LogP contribution in [-0.2, 0) is 16.1 Å². The van der Waals surface area contributed by atoms with Gasteiger partial charge in [0.2, 0.25) is 5.91 Å². The van der Waals surface area contributed by atoms with E-state index in [1.54, 1.807) is 20.8 Å². The highest BCUT2D eigenvalue weighted by Crippen LogP contribution is 2.54. The normalized spacial score (nSPS) is 16.7. The Bertz CT molecular complexity index is 1290. The summed E-state index contributed by atoms with van der Waals surface area (Å²) < 4.78 is 7.35. The van der Waals surface area contributed by atoms with Crippen molar-refractivity contribution in [2.45, 2.75) is 63.8 Å².